The van der Waals surface area contributed by atoms with E-state index in [0.717, 1.165) is 35.7 Å². The highest BCUT2D eigenvalue weighted by Crippen LogP contribution is 2.23. The molecule has 0 aliphatic carbocycles. The first-order chi connectivity index (χ1) is 16.1. The van der Waals surface area contributed by atoms with Crippen LogP contribution in [0.1, 0.15) is 19.4 Å². The zero-order chi connectivity index (χ0) is 23.2. The number of fused-ring (bicyclic) bond motifs is 1. The Morgan fingerprint density at radius 2 is 1.42 bits per heavy atom. The number of nitrogens with one attached hydrogen (secondary N) is 1. The summed E-state index contributed by atoms with van der Waals surface area (Å²) < 4.78 is 2.12. The van der Waals surface area contributed by atoms with Gasteiger partial charge in [-0.15, -0.1) is 0 Å². The molecule has 0 amide bonds. The maximum absolute atomic E-state index is 4.67. The van der Waals surface area contributed by atoms with Crippen molar-refractivity contribution in [2.45, 2.75) is 13.8 Å². The quantitative estimate of drug-likeness (QED) is 0.217. The third-order valence-electron chi connectivity index (χ3n) is 5.97. The van der Waals surface area contributed by atoms with Gasteiger partial charge in [-0.3, -0.25) is 5.01 Å². The lowest BCUT2D eigenvalue weighted by molar-refractivity contribution is -0.644. The molecule has 0 fully saturated rings. The first-order valence-corrected chi connectivity index (χ1v) is 11.5. The van der Waals surface area contributed by atoms with Crippen molar-refractivity contribution in [3.63, 3.8) is 0 Å². The fourth-order valence-electron chi connectivity index (χ4n) is 3.99. The first-order valence-electron chi connectivity index (χ1n) is 11.5. The topological polar surface area (TPSA) is 34.8 Å². The summed E-state index contributed by atoms with van der Waals surface area (Å²) in [6.07, 6.45) is 3.99. The van der Waals surface area contributed by atoms with Crippen LogP contribution >= 0.6 is 0 Å². The molecular weight excluding hydrogens is 406 g/mol. The van der Waals surface area contributed by atoms with Gasteiger partial charge in [0.1, 0.15) is 7.05 Å². The monoisotopic (exact) mass is 438 g/mol. The summed E-state index contributed by atoms with van der Waals surface area (Å²) >= 11 is 0. The number of hydrazone groups is 1. The number of aromatic nitrogens is 1. The summed E-state index contributed by atoms with van der Waals surface area (Å²) in [4.78, 5) is 2.34. The molecule has 168 valence electrons. The molecule has 0 aliphatic rings. The molecule has 0 spiro atoms. The summed E-state index contributed by atoms with van der Waals surface area (Å²) in [6, 6.07) is 27.4. The zero-order valence-corrected chi connectivity index (χ0v) is 19.9. The largest absolute Gasteiger partial charge is 0.372 e. The lowest BCUT2D eigenvalue weighted by atomic mass is 10.1. The predicted octanol–water partition coefficient (Wildman–Crippen LogP) is 5.72. The van der Waals surface area contributed by atoms with Crippen molar-refractivity contribution in [3.05, 3.63) is 90.6 Å². The van der Waals surface area contributed by atoms with Crippen molar-refractivity contribution >= 4 is 39.9 Å². The number of hydrogen-bond acceptors (Lipinski definition) is 4. The number of rotatable bonds is 8. The molecule has 0 unspecified atom stereocenters. The van der Waals surface area contributed by atoms with E-state index in [-0.39, 0.29) is 0 Å². The van der Waals surface area contributed by atoms with Gasteiger partial charge in [0.15, 0.2) is 6.20 Å². The van der Waals surface area contributed by atoms with E-state index in [0.29, 0.717) is 0 Å². The summed E-state index contributed by atoms with van der Waals surface area (Å²) in [6.45, 7) is 6.39. The smallest absolute Gasteiger partial charge is 0.212 e. The third-order valence-corrected chi connectivity index (χ3v) is 5.97. The van der Waals surface area contributed by atoms with Gasteiger partial charge in [-0.1, -0.05) is 12.1 Å². The highest BCUT2D eigenvalue weighted by atomic mass is 15.4. The van der Waals surface area contributed by atoms with E-state index in [1.807, 2.05) is 18.3 Å². The molecule has 4 rings (SSSR count). The van der Waals surface area contributed by atoms with E-state index < -0.39 is 0 Å². The van der Waals surface area contributed by atoms with E-state index in [1.54, 1.807) is 0 Å². The molecule has 1 aromatic heterocycles. The van der Waals surface area contributed by atoms with Gasteiger partial charge in [-0.2, -0.15) is 5.10 Å². The highest BCUT2D eigenvalue weighted by Gasteiger charge is 2.08. The standard InChI is InChI=1S/C28H32N5/c1-5-33(6-2)26-17-13-24(14-18-26)30-23-11-15-25(16-12-23)32(4)29-21-22-19-20-31(3)28-10-8-7-9-27(22)28/h7-21,30H,5-6H2,1-4H3/q+1. The molecule has 1 N–H and O–H groups in total. The van der Waals surface area contributed by atoms with Crippen molar-refractivity contribution in [3.8, 4) is 0 Å². The Morgan fingerprint density at radius 3 is 2.06 bits per heavy atom. The van der Waals surface area contributed by atoms with E-state index in [2.05, 4.69) is 126 Å². The Bertz CT molecular complexity index is 1230. The average molecular weight is 439 g/mol. The van der Waals surface area contributed by atoms with Gasteiger partial charge in [0.25, 0.3) is 0 Å². The molecule has 0 saturated heterocycles. The normalized spacial score (nSPS) is 11.2. The maximum Gasteiger partial charge on any atom is 0.212 e. The molecular formula is C28H32N5+. The van der Waals surface area contributed by atoms with Crippen molar-refractivity contribution in [1.29, 1.82) is 0 Å². The first kappa shape index (κ1) is 22.3. The molecule has 5 nitrogen and oxygen atoms in total. The van der Waals surface area contributed by atoms with Gasteiger partial charge in [-0.05, 0) is 68.4 Å². The minimum atomic E-state index is 1.01. The van der Waals surface area contributed by atoms with Crippen LogP contribution in [0.25, 0.3) is 10.9 Å². The fraction of sp³-hybridized carbons (Fsp3) is 0.214. The number of pyridine rings is 1. The zero-order valence-electron chi connectivity index (χ0n) is 19.9. The van der Waals surface area contributed by atoms with Gasteiger partial charge in [0.05, 0.1) is 17.3 Å². The van der Waals surface area contributed by atoms with E-state index in [4.69, 9.17) is 0 Å². The van der Waals surface area contributed by atoms with Crippen molar-refractivity contribution in [1.82, 2.24) is 0 Å². The van der Waals surface area contributed by atoms with Gasteiger partial charge in [-0.25, -0.2) is 4.57 Å². The summed E-state index contributed by atoms with van der Waals surface area (Å²) in [7, 11) is 4.03. The summed E-state index contributed by atoms with van der Waals surface area (Å²) in [5.74, 6) is 0. The van der Waals surface area contributed by atoms with E-state index in [1.165, 1.54) is 16.6 Å². The van der Waals surface area contributed by atoms with Gasteiger partial charge in [0.2, 0.25) is 5.52 Å². The van der Waals surface area contributed by atoms with Crippen LogP contribution in [0, 0.1) is 0 Å². The second-order valence-corrected chi connectivity index (χ2v) is 8.06. The number of benzene rings is 3. The second-order valence-electron chi connectivity index (χ2n) is 8.06. The van der Waals surface area contributed by atoms with Gasteiger partial charge >= 0.3 is 0 Å². The number of para-hydroxylation sites is 1. The Morgan fingerprint density at radius 1 is 0.818 bits per heavy atom. The van der Waals surface area contributed by atoms with Crippen LogP contribution < -0.4 is 19.8 Å². The van der Waals surface area contributed by atoms with Crippen molar-refractivity contribution in [2.75, 3.05) is 35.4 Å². The Kier molecular flexibility index (Phi) is 6.89. The summed E-state index contributed by atoms with van der Waals surface area (Å²) in [5, 5.41) is 11.2. The predicted molar refractivity (Wildman–Crippen MR) is 141 cm³/mol. The minimum absolute atomic E-state index is 1.01. The third kappa shape index (κ3) is 5.14. The molecule has 0 aliphatic heterocycles. The molecule has 3 aromatic carbocycles. The summed E-state index contributed by atoms with van der Waals surface area (Å²) in [5.41, 5.74) is 6.69. The number of hydrogen-bond donors (Lipinski definition) is 1. The molecule has 1 heterocycles. The van der Waals surface area contributed by atoms with Crippen LogP contribution in [-0.4, -0.2) is 26.4 Å². The molecule has 0 atom stereocenters. The van der Waals surface area contributed by atoms with Crippen LogP contribution in [-0.2, 0) is 7.05 Å². The van der Waals surface area contributed by atoms with Crippen molar-refractivity contribution < 1.29 is 4.57 Å². The van der Waals surface area contributed by atoms with E-state index >= 15 is 0 Å². The molecule has 5 heteroatoms. The molecule has 0 radical (unpaired) electrons. The number of aryl methyl sites for hydroxylation is 1. The molecule has 4 aromatic rings. The maximum atomic E-state index is 4.67. The Balaban J connectivity index is 1.43. The van der Waals surface area contributed by atoms with Crippen LogP contribution in [0.3, 0.4) is 0 Å². The minimum Gasteiger partial charge on any atom is -0.372 e. The molecule has 0 bridgehead atoms. The van der Waals surface area contributed by atoms with Gasteiger partial charge in [0, 0.05) is 54.9 Å². The number of nitrogens with zero attached hydrogens (tertiary/aromatic N) is 4. The Labute approximate surface area is 196 Å². The Hall–Kier alpha value is -3.86. The molecule has 0 saturated carbocycles. The van der Waals surface area contributed by atoms with Crippen LogP contribution in [0.2, 0.25) is 0 Å². The lowest BCUT2D eigenvalue weighted by Crippen LogP contribution is -2.28. The van der Waals surface area contributed by atoms with Crippen LogP contribution in [0.5, 0.6) is 0 Å². The van der Waals surface area contributed by atoms with Gasteiger partial charge < -0.3 is 10.2 Å². The van der Waals surface area contributed by atoms with Crippen molar-refractivity contribution in [2.24, 2.45) is 12.1 Å². The highest BCUT2D eigenvalue weighted by molar-refractivity contribution is 5.97. The average Bonchev–Trinajstić information content (AvgIpc) is 2.86. The SMILES string of the molecule is CCN(CC)c1ccc(Nc2ccc(N(C)/N=C/c3cc[n+](C)c4ccccc34)cc2)cc1. The lowest BCUT2D eigenvalue weighted by Gasteiger charge is -2.21. The molecule has 33 heavy (non-hydrogen) atoms. The fourth-order valence-corrected chi connectivity index (χ4v) is 3.99. The van der Waals surface area contributed by atoms with Crippen LogP contribution in [0.4, 0.5) is 22.7 Å². The van der Waals surface area contributed by atoms with E-state index in [9.17, 15) is 0 Å². The number of anilines is 4. The van der Waals surface area contributed by atoms with Crippen LogP contribution in [0.15, 0.2) is 90.2 Å². The second kappa shape index (κ2) is 10.2.